The molecule has 40 heavy (non-hydrogen) atoms. The van der Waals surface area contributed by atoms with E-state index in [4.69, 9.17) is 5.73 Å². The summed E-state index contributed by atoms with van der Waals surface area (Å²) in [5, 5.41) is 4.06. The van der Waals surface area contributed by atoms with Gasteiger partial charge < -0.3 is 16.1 Å². The number of hydrogen-bond donors (Lipinski definition) is 2. The van der Waals surface area contributed by atoms with Crippen LogP contribution in [0.4, 0.5) is 10.1 Å². The lowest BCUT2D eigenvalue weighted by molar-refractivity contribution is -0.127. The van der Waals surface area contributed by atoms with Gasteiger partial charge in [-0.15, -0.1) is 0 Å². The van der Waals surface area contributed by atoms with Crippen LogP contribution in [-0.4, -0.2) is 58.7 Å². The molecule has 0 saturated heterocycles. The molecule has 0 radical (unpaired) electrons. The van der Waals surface area contributed by atoms with E-state index >= 15 is 4.39 Å². The Labute approximate surface area is 232 Å². The first-order chi connectivity index (χ1) is 19.4. The van der Waals surface area contributed by atoms with Gasteiger partial charge in [0.15, 0.2) is 0 Å². The number of ketones is 1. The molecule has 1 aliphatic rings. The summed E-state index contributed by atoms with van der Waals surface area (Å²) < 4.78 is 15.6. The van der Waals surface area contributed by atoms with Crippen molar-refractivity contribution in [1.82, 2.24) is 20.3 Å². The topological polar surface area (TPSA) is 126 Å². The summed E-state index contributed by atoms with van der Waals surface area (Å²) in [4.78, 5) is 40.7. The molecule has 3 N–H and O–H groups in total. The van der Waals surface area contributed by atoms with Crippen LogP contribution in [0.5, 0.6) is 0 Å². The number of hydrazone groups is 1. The first kappa shape index (κ1) is 28.3. The molecule has 10 heteroatoms. The van der Waals surface area contributed by atoms with Crippen molar-refractivity contribution in [3.63, 3.8) is 0 Å². The van der Waals surface area contributed by atoms with Crippen LogP contribution in [0.3, 0.4) is 0 Å². The van der Waals surface area contributed by atoms with Gasteiger partial charge >= 0.3 is 0 Å². The number of nitrogens with zero attached hydrogens (tertiary/aromatic N) is 5. The third kappa shape index (κ3) is 6.28. The maximum Gasteiger partial charge on any atom is 0.250 e. The molecule has 3 aromatic rings. The predicted octanol–water partition coefficient (Wildman–Crippen LogP) is 4.49. The molecule has 0 saturated carbocycles. The van der Waals surface area contributed by atoms with Gasteiger partial charge in [0, 0.05) is 61.2 Å². The Hall–Kier alpha value is -4.73. The highest BCUT2D eigenvalue weighted by Gasteiger charge is 2.23. The number of carbonyl (C=O) groups is 2. The molecule has 0 fully saturated rings. The Balaban J connectivity index is 1.76. The lowest BCUT2D eigenvalue weighted by Gasteiger charge is -2.22. The van der Waals surface area contributed by atoms with Crippen LogP contribution in [0.2, 0.25) is 0 Å². The van der Waals surface area contributed by atoms with E-state index in [1.54, 1.807) is 48.4 Å². The summed E-state index contributed by atoms with van der Waals surface area (Å²) in [6.07, 6.45) is 7.84. The van der Waals surface area contributed by atoms with Crippen molar-refractivity contribution in [1.29, 1.82) is 0 Å². The Morgan fingerprint density at radius 3 is 2.50 bits per heavy atom. The number of aromatic nitrogens is 2. The zero-order chi connectivity index (χ0) is 28.6. The summed E-state index contributed by atoms with van der Waals surface area (Å²) >= 11 is 0. The molecule has 206 valence electrons. The van der Waals surface area contributed by atoms with Gasteiger partial charge in [0.2, 0.25) is 17.5 Å². The molecular weight excluding hydrogens is 509 g/mol. The molecule has 9 nitrogen and oxygen atoms in total. The van der Waals surface area contributed by atoms with Gasteiger partial charge in [-0.2, -0.15) is 5.10 Å². The standard InChI is InChI=1S/C30H32FN7O2/c1-4-11-38(12-5-2)30(40)21-14-24-25(31)15-20(16-26(24)37-27(32)17-21)19-7-8-23(22(13-19)18-36-33-3)28(39)29-34-9-6-10-35-29/h6-10,13-16,18,33H,4-5,11-12,17H2,1-3H3,(H2,32,37)/b36-18-. The minimum Gasteiger partial charge on any atom is -0.387 e. The zero-order valence-electron chi connectivity index (χ0n) is 22.8. The van der Waals surface area contributed by atoms with Crippen molar-refractivity contribution < 1.29 is 14.0 Å². The summed E-state index contributed by atoms with van der Waals surface area (Å²) in [7, 11) is 1.64. The Kier molecular flexibility index (Phi) is 9.11. The van der Waals surface area contributed by atoms with Crippen molar-refractivity contribution in [2.24, 2.45) is 15.8 Å². The number of nitrogens with one attached hydrogen (secondary N) is 1. The summed E-state index contributed by atoms with van der Waals surface area (Å²) in [6.45, 7) is 5.25. The third-order valence-corrected chi connectivity index (χ3v) is 6.34. The van der Waals surface area contributed by atoms with Crippen LogP contribution >= 0.6 is 0 Å². The van der Waals surface area contributed by atoms with Gasteiger partial charge in [-0.25, -0.2) is 19.4 Å². The van der Waals surface area contributed by atoms with Gasteiger partial charge in [-0.1, -0.05) is 19.9 Å². The molecule has 2 aromatic carbocycles. The maximum atomic E-state index is 15.6. The fraction of sp³-hybridized carbons (Fsp3) is 0.267. The molecule has 0 bridgehead atoms. The molecule has 1 aliphatic heterocycles. The van der Waals surface area contributed by atoms with E-state index in [-0.39, 0.29) is 35.3 Å². The monoisotopic (exact) mass is 541 g/mol. The van der Waals surface area contributed by atoms with Gasteiger partial charge in [0.05, 0.1) is 11.9 Å². The predicted molar refractivity (Wildman–Crippen MR) is 155 cm³/mol. The molecule has 0 aliphatic carbocycles. The molecule has 4 rings (SSSR count). The van der Waals surface area contributed by atoms with Crippen LogP contribution in [0.15, 0.2) is 64.5 Å². The van der Waals surface area contributed by atoms with Crippen LogP contribution in [0.1, 0.15) is 60.4 Å². The Bertz CT molecular complexity index is 1490. The van der Waals surface area contributed by atoms with E-state index < -0.39 is 5.82 Å². The largest absolute Gasteiger partial charge is 0.387 e. The maximum absolute atomic E-state index is 15.6. The smallest absolute Gasteiger partial charge is 0.250 e. The lowest BCUT2D eigenvalue weighted by Crippen LogP contribution is -2.34. The number of halogens is 1. The number of hydrogen-bond acceptors (Lipinski definition) is 8. The van der Waals surface area contributed by atoms with E-state index in [1.807, 2.05) is 13.8 Å². The number of benzene rings is 2. The van der Waals surface area contributed by atoms with Crippen LogP contribution in [-0.2, 0) is 4.79 Å². The van der Waals surface area contributed by atoms with E-state index in [0.29, 0.717) is 46.6 Å². The van der Waals surface area contributed by atoms with E-state index in [2.05, 4.69) is 25.5 Å². The fourth-order valence-corrected chi connectivity index (χ4v) is 4.54. The summed E-state index contributed by atoms with van der Waals surface area (Å²) in [5.41, 5.74) is 11.8. The number of carbonyl (C=O) groups excluding carboxylic acids is 2. The van der Waals surface area contributed by atoms with Crippen molar-refractivity contribution in [3.8, 4) is 11.1 Å². The number of amidine groups is 1. The normalized spacial score (nSPS) is 12.8. The third-order valence-electron chi connectivity index (χ3n) is 6.34. The highest BCUT2D eigenvalue weighted by atomic mass is 19.1. The van der Waals surface area contributed by atoms with Crippen molar-refractivity contribution >= 4 is 35.5 Å². The minimum atomic E-state index is -0.530. The minimum absolute atomic E-state index is 0.0591. The van der Waals surface area contributed by atoms with Gasteiger partial charge in [0.25, 0.3) is 0 Å². The average molecular weight is 542 g/mol. The molecular formula is C30H32FN7O2. The SMILES string of the molecule is CCCN(CCC)C(=O)C1=Cc2c(F)cc(-c3ccc(C(=O)c4ncccn4)c(/C=N\NC)c3)cc2N=C(N)C1. The number of nitrogens with two attached hydrogens (primary N) is 1. The highest BCUT2D eigenvalue weighted by molar-refractivity contribution is 6.11. The molecule has 1 amide bonds. The van der Waals surface area contributed by atoms with E-state index in [0.717, 1.165) is 12.8 Å². The summed E-state index contributed by atoms with van der Waals surface area (Å²) in [5.74, 6) is -0.763. The second-order valence-electron chi connectivity index (χ2n) is 9.32. The highest BCUT2D eigenvalue weighted by Crippen LogP contribution is 2.35. The second kappa shape index (κ2) is 12.9. The van der Waals surface area contributed by atoms with Crippen molar-refractivity contribution in [3.05, 3.63) is 82.7 Å². The fourth-order valence-electron chi connectivity index (χ4n) is 4.54. The Morgan fingerprint density at radius 1 is 1.10 bits per heavy atom. The molecule has 0 atom stereocenters. The number of amides is 1. The van der Waals surface area contributed by atoms with E-state index in [1.165, 1.54) is 24.7 Å². The molecule has 0 unspecified atom stereocenters. The van der Waals surface area contributed by atoms with Crippen molar-refractivity contribution in [2.45, 2.75) is 33.1 Å². The average Bonchev–Trinajstić information content (AvgIpc) is 3.14. The van der Waals surface area contributed by atoms with Gasteiger partial charge in [-0.3, -0.25) is 9.59 Å². The first-order valence-corrected chi connectivity index (χ1v) is 13.2. The number of fused-ring (bicyclic) bond motifs is 1. The van der Waals surface area contributed by atoms with Crippen LogP contribution < -0.4 is 11.2 Å². The second-order valence-corrected chi connectivity index (χ2v) is 9.32. The lowest BCUT2D eigenvalue weighted by atomic mass is 9.95. The van der Waals surface area contributed by atoms with Gasteiger partial charge in [-0.05, 0) is 60.4 Å². The molecule has 1 aromatic heterocycles. The quantitative estimate of drug-likeness (QED) is 0.221. The Morgan fingerprint density at radius 2 is 1.82 bits per heavy atom. The van der Waals surface area contributed by atoms with Crippen LogP contribution in [0, 0.1) is 5.82 Å². The number of aliphatic imine (C=N–C) groups is 1. The zero-order valence-corrected chi connectivity index (χ0v) is 22.8. The van der Waals surface area contributed by atoms with Gasteiger partial charge in [0.1, 0.15) is 11.7 Å². The number of rotatable bonds is 10. The molecule has 0 spiro atoms. The molecule has 2 heterocycles. The summed E-state index contributed by atoms with van der Waals surface area (Å²) in [6, 6.07) is 9.84. The van der Waals surface area contributed by atoms with Crippen molar-refractivity contribution in [2.75, 3.05) is 20.1 Å². The first-order valence-electron chi connectivity index (χ1n) is 13.2. The van der Waals surface area contributed by atoms with E-state index in [9.17, 15) is 9.59 Å². The van der Waals surface area contributed by atoms with Crippen LogP contribution in [0.25, 0.3) is 17.2 Å².